The maximum Gasteiger partial charge on any atom is 0.244 e. The van der Waals surface area contributed by atoms with Crippen molar-refractivity contribution in [3.63, 3.8) is 0 Å². The molecule has 132 valence electrons. The van der Waals surface area contributed by atoms with E-state index in [9.17, 15) is 8.42 Å². The highest BCUT2D eigenvalue weighted by Crippen LogP contribution is 2.43. The first kappa shape index (κ1) is 16.8. The van der Waals surface area contributed by atoms with E-state index in [0.29, 0.717) is 26.3 Å². The number of ether oxygens (including phenoxy) is 2. The first-order valence-electron chi connectivity index (χ1n) is 8.48. The Hall–Kier alpha value is -0.660. The Morgan fingerprint density at radius 3 is 2.67 bits per heavy atom. The van der Waals surface area contributed by atoms with Gasteiger partial charge in [-0.3, -0.25) is 0 Å². The van der Waals surface area contributed by atoms with E-state index in [0.717, 1.165) is 18.9 Å². The molecule has 1 aromatic rings. The van der Waals surface area contributed by atoms with Gasteiger partial charge in [0.15, 0.2) is 0 Å². The molecule has 1 atom stereocenters. The molecule has 1 aromatic carbocycles. The van der Waals surface area contributed by atoms with Crippen LogP contribution in [0.2, 0.25) is 5.02 Å². The van der Waals surface area contributed by atoms with Gasteiger partial charge in [-0.15, -0.1) is 0 Å². The molecule has 0 N–H and O–H groups in total. The van der Waals surface area contributed by atoms with Crippen LogP contribution in [0.4, 0.5) is 0 Å². The first-order valence-corrected chi connectivity index (χ1v) is 10.3. The smallest absolute Gasteiger partial charge is 0.244 e. The molecular formula is C17H22ClNO4S. The Kier molecular flexibility index (Phi) is 4.37. The minimum Gasteiger partial charge on any atom is -0.381 e. The van der Waals surface area contributed by atoms with Gasteiger partial charge >= 0.3 is 0 Å². The predicted octanol–water partition coefficient (Wildman–Crippen LogP) is 2.55. The molecule has 0 aromatic heterocycles. The van der Waals surface area contributed by atoms with E-state index in [1.165, 1.54) is 17.1 Å². The fraction of sp³-hybridized carbons (Fsp3) is 0.647. The molecule has 0 bridgehead atoms. The molecule has 3 aliphatic rings. The van der Waals surface area contributed by atoms with E-state index in [4.69, 9.17) is 21.1 Å². The van der Waals surface area contributed by atoms with Gasteiger partial charge in [0, 0.05) is 32.2 Å². The second-order valence-electron chi connectivity index (χ2n) is 7.08. The van der Waals surface area contributed by atoms with E-state index in [1.807, 2.05) is 0 Å². The third-order valence-electron chi connectivity index (χ3n) is 5.31. The minimum atomic E-state index is -3.56. The van der Waals surface area contributed by atoms with Crippen molar-refractivity contribution in [1.82, 2.24) is 4.31 Å². The van der Waals surface area contributed by atoms with E-state index < -0.39 is 10.0 Å². The van der Waals surface area contributed by atoms with Crippen LogP contribution in [0.3, 0.4) is 0 Å². The second kappa shape index (κ2) is 6.25. The van der Waals surface area contributed by atoms with Crippen LogP contribution >= 0.6 is 11.6 Å². The Balaban J connectivity index is 1.41. The van der Waals surface area contributed by atoms with Crippen molar-refractivity contribution >= 4 is 21.6 Å². The van der Waals surface area contributed by atoms with Crippen LogP contribution in [0, 0.1) is 11.8 Å². The van der Waals surface area contributed by atoms with Gasteiger partial charge in [-0.2, -0.15) is 4.31 Å². The van der Waals surface area contributed by atoms with Crippen LogP contribution in [-0.2, 0) is 19.5 Å². The molecule has 2 saturated heterocycles. The van der Waals surface area contributed by atoms with Gasteiger partial charge in [0.1, 0.15) is 10.5 Å². The Morgan fingerprint density at radius 1 is 1.21 bits per heavy atom. The molecular weight excluding hydrogens is 350 g/mol. The van der Waals surface area contributed by atoms with Gasteiger partial charge < -0.3 is 9.47 Å². The zero-order chi connectivity index (χ0) is 16.8. The van der Waals surface area contributed by atoms with Gasteiger partial charge in [0.2, 0.25) is 10.0 Å². The summed E-state index contributed by atoms with van der Waals surface area (Å²) in [4.78, 5) is 0.168. The van der Waals surface area contributed by atoms with Gasteiger partial charge in [0.05, 0.1) is 11.6 Å². The summed E-state index contributed by atoms with van der Waals surface area (Å²) in [5, 5.41) is 0.259. The molecule has 1 spiro atoms. The van der Waals surface area contributed by atoms with Gasteiger partial charge in [-0.25, -0.2) is 8.42 Å². The van der Waals surface area contributed by atoms with E-state index >= 15 is 0 Å². The van der Waals surface area contributed by atoms with Crippen molar-refractivity contribution in [3.8, 4) is 0 Å². The molecule has 3 fully saturated rings. The molecule has 0 amide bonds. The predicted molar refractivity (Wildman–Crippen MR) is 90.5 cm³/mol. The standard InChI is InChI=1S/C17H22ClNO4S/c18-15-3-1-2-4-16(15)24(20,21)19-11-17(12-19)14(7-8-23-17)10-22-9-13-5-6-13/h1-4,13-14H,5-12H2/t14-/m1/s1. The quantitative estimate of drug-likeness (QED) is 0.771. The molecule has 1 aliphatic carbocycles. The Labute approximate surface area is 147 Å². The average molecular weight is 372 g/mol. The van der Waals surface area contributed by atoms with Gasteiger partial charge in [0.25, 0.3) is 0 Å². The van der Waals surface area contributed by atoms with Crippen molar-refractivity contribution in [1.29, 1.82) is 0 Å². The van der Waals surface area contributed by atoms with Crippen LogP contribution in [0.5, 0.6) is 0 Å². The summed E-state index contributed by atoms with van der Waals surface area (Å²) in [5.41, 5.74) is -0.377. The van der Waals surface area contributed by atoms with Crippen molar-refractivity contribution in [3.05, 3.63) is 29.3 Å². The molecule has 2 heterocycles. The fourth-order valence-electron chi connectivity index (χ4n) is 3.55. The zero-order valence-electron chi connectivity index (χ0n) is 13.5. The lowest BCUT2D eigenvalue weighted by Gasteiger charge is -2.49. The molecule has 2 aliphatic heterocycles. The molecule has 0 unspecified atom stereocenters. The van der Waals surface area contributed by atoms with Crippen molar-refractivity contribution in [2.75, 3.05) is 32.9 Å². The van der Waals surface area contributed by atoms with Crippen molar-refractivity contribution in [2.24, 2.45) is 11.8 Å². The van der Waals surface area contributed by atoms with Crippen LogP contribution < -0.4 is 0 Å². The lowest BCUT2D eigenvalue weighted by molar-refractivity contribution is -0.114. The molecule has 24 heavy (non-hydrogen) atoms. The molecule has 5 nitrogen and oxygen atoms in total. The van der Waals surface area contributed by atoms with Crippen molar-refractivity contribution in [2.45, 2.75) is 29.8 Å². The highest BCUT2D eigenvalue weighted by atomic mass is 35.5. The van der Waals surface area contributed by atoms with Crippen LogP contribution in [0.15, 0.2) is 29.2 Å². The summed E-state index contributed by atoms with van der Waals surface area (Å²) in [6.07, 6.45) is 3.48. The number of rotatable bonds is 6. The molecule has 0 radical (unpaired) electrons. The SMILES string of the molecule is O=S(=O)(c1ccccc1Cl)N1CC2(C1)OCC[C@@H]2COCC1CC1. The molecule has 4 rings (SSSR count). The maximum atomic E-state index is 12.7. The summed E-state index contributed by atoms with van der Waals surface area (Å²) in [6, 6.07) is 6.57. The molecule has 1 saturated carbocycles. The summed E-state index contributed by atoms with van der Waals surface area (Å²) >= 11 is 6.06. The van der Waals surface area contributed by atoms with Crippen molar-refractivity contribution < 1.29 is 17.9 Å². The van der Waals surface area contributed by atoms with Gasteiger partial charge in [-0.1, -0.05) is 23.7 Å². The average Bonchev–Trinajstić information content (AvgIpc) is 3.23. The third-order valence-corrected chi connectivity index (χ3v) is 7.60. The largest absolute Gasteiger partial charge is 0.381 e. The number of hydrogen-bond acceptors (Lipinski definition) is 4. The Morgan fingerprint density at radius 2 is 1.96 bits per heavy atom. The summed E-state index contributed by atoms with van der Waals surface area (Å²) in [7, 11) is -3.56. The van der Waals surface area contributed by atoms with E-state index in [1.54, 1.807) is 24.3 Å². The molecule has 7 heteroatoms. The Bertz CT molecular complexity index is 713. The first-order chi connectivity index (χ1) is 11.5. The summed E-state index contributed by atoms with van der Waals surface area (Å²) in [6.45, 7) is 2.94. The summed E-state index contributed by atoms with van der Waals surface area (Å²) in [5.74, 6) is 1.01. The monoisotopic (exact) mass is 371 g/mol. The number of sulfonamides is 1. The topological polar surface area (TPSA) is 55.8 Å². The zero-order valence-corrected chi connectivity index (χ0v) is 15.1. The van der Waals surface area contributed by atoms with Gasteiger partial charge in [-0.05, 0) is 37.3 Å². The number of halogens is 1. The van der Waals surface area contributed by atoms with Crippen LogP contribution in [-0.4, -0.2) is 51.2 Å². The van der Waals surface area contributed by atoms with Crippen LogP contribution in [0.1, 0.15) is 19.3 Å². The number of nitrogens with zero attached hydrogens (tertiary/aromatic N) is 1. The highest BCUT2D eigenvalue weighted by molar-refractivity contribution is 7.89. The van der Waals surface area contributed by atoms with E-state index in [2.05, 4.69) is 0 Å². The normalized spacial score (nSPS) is 26.6. The minimum absolute atomic E-state index is 0.168. The summed E-state index contributed by atoms with van der Waals surface area (Å²) < 4.78 is 38.7. The third kappa shape index (κ3) is 2.99. The maximum absolute atomic E-state index is 12.7. The highest BCUT2D eigenvalue weighted by Gasteiger charge is 2.56. The second-order valence-corrected chi connectivity index (χ2v) is 9.40. The van der Waals surface area contributed by atoms with E-state index in [-0.39, 0.29) is 21.4 Å². The number of hydrogen-bond donors (Lipinski definition) is 0. The van der Waals surface area contributed by atoms with Crippen LogP contribution in [0.25, 0.3) is 0 Å². The number of benzene rings is 1. The lowest BCUT2D eigenvalue weighted by Crippen LogP contribution is -2.66. The fourth-order valence-corrected chi connectivity index (χ4v) is 5.59. The lowest BCUT2D eigenvalue weighted by atomic mass is 9.83.